The summed E-state index contributed by atoms with van der Waals surface area (Å²) < 4.78 is 0. The highest BCUT2D eigenvalue weighted by molar-refractivity contribution is 7.98. The quantitative estimate of drug-likeness (QED) is 0.718. The third kappa shape index (κ3) is 5.79. The van der Waals surface area contributed by atoms with Gasteiger partial charge in [0.15, 0.2) is 6.04 Å². The number of benzene rings is 1. The summed E-state index contributed by atoms with van der Waals surface area (Å²) in [4.78, 5) is 22.9. The van der Waals surface area contributed by atoms with E-state index in [1.165, 1.54) is 0 Å². The molecule has 0 aliphatic rings. The van der Waals surface area contributed by atoms with E-state index in [0.29, 0.717) is 12.0 Å². The van der Waals surface area contributed by atoms with E-state index >= 15 is 0 Å². The number of nitrogens with one attached hydrogen (secondary N) is 1. The maximum Gasteiger partial charge on any atom is 0.330 e. The van der Waals surface area contributed by atoms with Crippen LogP contribution in [0.5, 0.6) is 0 Å². The second kappa shape index (κ2) is 8.58. The molecule has 19 heavy (non-hydrogen) atoms. The number of hydrogen-bond donors (Lipinski definition) is 2. The Labute approximate surface area is 117 Å². The zero-order valence-corrected chi connectivity index (χ0v) is 11.8. The number of carboxylic acid groups (broad SMARTS) is 1. The lowest BCUT2D eigenvalue weighted by molar-refractivity contribution is -0.142. The highest BCUT2D eigenvalue weighted by atomic mass is 32.2. The van der Waals surface area contributed by atoms with Crippen molar-refractivity contribution in [2.45, 2.75) is 25.3 Å². The molecule has 0 aliphatic heterocycles. The van der Waals surface area contributed by atoms with Gasteiger partial charge in [-0.25, -0.2) is 4.79 Å². The molecule has 0 fully saturated rings. The summed E-state index contributed by atoms with van der Waals surface area (Å²) in [6, 6.07) is 7.77. The van der Waals surface area contributed by atoms with Crippen LogP contribution in [-0.2, 0) is 9.59 Å². The van der Waals surface area contributed by atoms with Crippen LogP contribution in [0.3, 0.4) is 0 Å². The molecular formula is C14H19NO3S. The molecule has 1 aromatic carbocycles. The fourth-order valence-corrected chi connectivity index (χ4v) is 2.19. The van der Waals surface area contributed by atoms with Crippen molar-refractivity contribution in [1.82, 2.24) is 5.32 Å². The van der Waals surface area contributed by atoms with Gasteiger partial charge in [0.25, 0.3) is 0 Å². The van der Waals surface area contributed by atoms with Crippen LogP contribution < -0.4 is 5.32 Å². The van der Waals surface area contributed by atoms with Crippen LogP contribution in [0.1, 0.15) is 30.9 Å². The Balaban J connectivity index is 2.51. The number of unbranched alkanes of at least 4 members (excludes halogenated alkanes) is 1. The zero-order chi connectivity index (χ0) is 14.1. The minimum Gasteiger partial charge on any atom is -0.479 e. The van der Waals surface area contributed by atoms with Gasteiger partial charge in [-0.3, -0.25) is 4.79 Å². The van der Waals surface area contributed by atoms with Crippen molar-refractivity contribution in [2.75, 3.05) is 12.0 Å². The third-order valence-corrected chi connectivity index (χ3v) is 3.38. The number of carbonyl (C=O) groups excluding carboxylic acids is 1. The van der Waals surface area contributed by atoms with Crippen molar-refractivity contribution in [3.05, 3.63) is 35.9 Å². The second-order valence-corrected chi connectivity index (χ2v) is 5.18. The minimum absolute atomic E-state index is 0.211. The van der Waals surface area contributed by atoms with Gasteiger partial charge in [0, 0.05) is 6.42 Å². The average molecular weight is 281 g/mol. The fraction of sp³-hybridized carbons (Fsp3) is 0.429. The van der Waals surface area contributed by atoms with Crippen molar-refractivity contribution in [2.24, 2.45) is 0 Å². The summed E-state index contributed by atoms with van der Waals surface area (Å²) in [5, 5.41) is 11.7. The van der Waals surface area contributed by atoms with E-state index in [-0.39, 0.29) is 5.91 Å². The molecule has 0 heterocycles. The van der Waals surface area contributed by atoms with Crippen LogP contribution in [0.15, 0.2) is 30.3 Å². The number of hydrogen-bond acceptors (Lipinski definition) is 3. The Hall–Kier alpha value is -1.49. The summed E-state index contributed by atoms with van der Waals surface area (Å²) in [7, 11) is 0. The Bertz CT molecular complexity index is 408. The molecule has 1 atom stereocenters. The van der Waals surface area contributed by atoms with E-state index in [9.17, 15) is 9.59 Å². The van der Waals surface area contributed by atoms with Gasteiger partial charge in [-0.2, -0.15) is 11.8 Å². The lowest BCUT2D eigenvalue weighted by atomic mass is 10.1. The molecule has 1 rings (SSSR count). The van der Waals surface area contributed by atoms with Crippen molar-refractivity contribution in [1.29, 1.82) is 0 Å². The largest absolute Gasteiger partial charge is 0.479 e. The first-order valence-electron chi connectivity index (χ1n) is 6.21. The summed E-state index contributed by atoms with van der Waals surface area (Å²) in [6.45, 7) is 0. The van der Waals surface area contributed by atoms with E-state index in [4.69, 9.17) is 5.11 Å². The summed E-state index contributed by atoms with van der Waals surface area (Å²) in [5.74, 6) is -0.227. The fourth-order valence-electron chi connectivity index (χ4n) is 1.70. The number of amides is 1. The van der Waals surface area contributed by atoms with Gasteiger partial charge in [0.1, 0.15) is 0 Å². The van der Waals surface area contributed by atoms with Gasteiger partial charge >= 0.3 is 5.97 Å². The van der Waals surface area contributed by atoms with Crippen molar-refractivity contribution in [3.8, 4) is 0 Å². The lowest BCUT2D eigenvalue weighted by Gasteiger charge is -2.14. The molecule has 4 nitrogen and oxygen atoms in total. The van der Waals surface area contributed by atoms with Crippen molar-refractivity contribution >= 4 is 23.6 Å². The molecule has 0 aromatic heterocycles. The number of carboxylic acids is 1. The van der Waals surface area contributed by atoms with E-state index in [2.05, 4.69) is 5.32 Å². The van der Waals surface area contributed by atoms with Crippen LogP contribution in [0.2, 0.25) is 0 Å². The van der Waals surface area contributed by atoms with E-state index in [1.54, 1.807) is 36.0 Å². The Morgan fingerprint density at radius 3 is 2.53 bits per heavy atom. The highest BCUT2D eigenvalue weighted by Crippen LogP contribution is 2.13. The normalized spacial score (nSPS) is 11.8. The Morgan fingerprint density at radius 2 is 1.95 bits per heavy atom. The van der Waals surface area contributed by atoms with Crippen molar-refractivity contribution in [3.63, 3.8) is 0 Å². The number of carbonyl (C=O) groups is 2. The molecule has 104 valence electrons. The molecule has 5 heteroatoms. The van der Waals surface area contributed by atoms with Gasteiger partial charge in [0.2, 0.25) is 5.91 Å². The van der Waals surface area contributed by atoms with Crippen LogP contribution >= 0.6 is 11.8 Å². The first-order chi connectivity index (χ1) is 9.15. The average Bonchev–Trinajstić information content (AvgIpc) is 2.41. The number of rotatable bonds is 8. The van der Waals surface area contributed by atoms with Gasteiger partial charge < -0.3 is 10.4 Å². The van der Waals surface area contributed by atoms with Gasteiger partial charge in [-0.1, -0.05) is 30.3 Å². The monoisotopic (exact) mass is 281 g/mol. The van der Waals surface area contributed by atoms with E-state index in [1.807, 2.05) is 12.3 Å². The van der Waals surface area contributed by atoms with Crippen LogP contribution in [0.4, 0.5) is 0 Å². The minimum atomic E-state index is -1.04. The topological polar surface area (TPSA) is 66.4 Å². The van der Waals surface area contributed by atoms with Crippen LogP contribution in [0, 0.1) is 0 Å². The Morgan fingerprint density at radius 1 is 1.26 bits per heavy atom. The molecule has 0 aliphatic carbocycles. The molecular weight excluding hydrogens is 262 g/mol. The number of aliphatic carboxylic acids is 1. The van der Waals surface area contributed by atoms with Crippen LogP contribution in [0.25, 0.3) is 0 Å². The first-order valence-corrected chi connectivity index (χ1v) is 7.60. The smallest absolute Gasteiger partial charge is 0.330 e. The molecule has 0 saturated carbocycles. The maximum atomic E-state index is 11.7. The molecule has 2 N–H and O–H groups in total. The van der Waals surface area contributed by atoms with Crippen molar-refractivity contribution < 1.29 is 14.7 Å². The van der Waals surface area contributed by atoms with Gasteiger partial charge in [-0.15, -0.1) is 0 Å². The lowest BCUT2D eigenvalue weighted by Crippen LogP contribution is -2.33. The summed E-state index contributed by atoms with van der Waals surface area (Å²) in [6.07, 6.45) is 4.15. The Kier molecular flexibility index (Phi) is 7.03. The van der Waals surface area contributed by atoms with Crippen LogP contribution in [-0.4, -0.2) is 29.0 Å². The third-order valence-electron chi connectivity index (χ3n) is 2.69. The molecule has 0 spiro atoms. The first kappa shape index (κ1) is 15.6. The van der Waals surface area contributed by atoms with Gasteiger partial charge in [0.05, 0.1) is 0 Å². The zero-order valence-electron chi connectivity index (χ0n) is 11.0. The molecule has 0 saturated heterocycles. The summed E-state index contributed by atoms with van der Waals surface area (Å²) in [5.41, 5.74) is 0.590. The SMILES string of the molecule is CSCCCCC(=O)N[C@@H](C(=O)O)c1ccccc1. The molecule has 0 unspecified atom stereocenters. The molecule has 1 aromatic rings. The standard InChI is InChI=1S/C14H19NO3S/c1-19-10-6-5-9-12(16)15-13(14(17)18)11-7-3-2-4-8-11/h2-4,7-8,13H,5-6,9-10H2,1H3,(H,15,16)(H,17,18)/t13-/m1/s1. The van der Waals surface area contributed by atoms with Gasteiger partial charge in [-0.05, 0) is 30.4 Å². The predicted octanol–water partition coefficient (Wildman–Crippen LogP) is 2.46. The molecule has 1 amide bonds. The maximum absolute atomic E-state index is 11.7. The van der Waals surface area contributed by atoms with E-state index in [0.717, 1.165) is 18.6 Å². The molecule has 0 bridgehead atoms. The highest BCUT2D eigenvalue weighted by Gasteiger charge is 2.21. The van der Waals surface area contributed by atoms with E-state index < -0.39 is 12.0 Å². The number of thioether (sulfide) groups is 1. The predicted molar refractivity (Wildman–Crippen MR) is 77.2 cm³/mol. The second-order valence-electron chi connectivity index (χ2n) is 4.20. The summed E-state index contributed by atoms with van der Waals surface area (Å²) >= 11 is 1.74. The molecule has 0 radical (unpaired) electrons.